The van der Waals surface area contributed by atoms with Gasteiger partial charge in [-0.1, -0.05) is 6.07 Å². The molecule has 0 aliphatic carbocycles. The van der Waals surface area contributed by atoms with Gasteiger partial charge in [0.1, 0.15) is 5.82 Å². The first kappa shape index (κ1) is 16.9. The number of aryl methyl sites for hydroxylation is 2. The molecule has 4 heterocycles. The SMILES string of the molecule is Cc1nn(C)c2cc(C(=O)Nc3cn4cc(C5CCCN5)nc4cn3)ccc12. The van der Waals surface area contributed by atoms with Crippen LogP contribution in [0.2, 0.25) is 0 Å². The molecule has 28 heavy (non-hydrogen) atoms. The van der Waals surface area contributed by atoms with Crippen molar-refractivity contribution in [2.24, 2.45) is 7.05 Å². The van der Waals surface area contributed by atoms with Gasteiger partial charge >= 0.3 is 0 Å². The quantitative estimate of drug-likeness (QED) is 0.575. The van der Waals surface area contributed by atoms with Crippen molar-refractivity contribution in [3.63, 3.8) is 0 Å². The zero-order valence-corrected chi connectivity index (χ0v) is 15.8. The second kappa shape index (κ2) is 6.42. The van der Waals surface area contributed by atoms with Crippen LogP contribution in [0.5, 0.6) is 0 Å². The van der Waals surface area contributed by atoms with Crippen LogP contribution in [-0.4, -0.2) is 36.6 Å². The standard InChI is InChI=1S/C20H21N7O/c1-12-14-6-5-13(8-17(14)26(2)25-12)20(28)24-18-11-27-10-16(15-4-3-7-21-15)23-19(27)9-22-18/h5-6,8-11,15,21H,3-4,7H2,1-2H3,(H,24,28). The molecule has 5 rings (SSSR count). The molecular formula is C20H21N7O. The van der Waals surface area contributed by atoms with Gasteiger partial charge < -0.3 is 15.0 Å². The molecule has 0 radical (unpaired) electrons. The molecule has 2 N–H and O–H groups in total. The largest absolute Gasteiger partial charge is 0.309 e. The number of rotatable bonds is 3. The first-order valence-electron chi connectivity index (χ1n) is 9.41. The number of nitrogens with zero attached hydrogens (tertiary/aromatic N) is 5. The summed E-state index contributed by atoms with van der Waals surface area (Å²) in [5, 5.41) is 11.8. The van der Waals surface area contributed by atoms with Crippen molar-refractivity contribution in [2.75, 3.05) is 11.9 Å². The fraction of sp³-hybridized carbons (Fsp3) is 0.300. The summed E-state index contributed by atoms with van der Waals surface area (Å²) in [4.78, 5) is 21.7. The molecule has 142 valence electrons. The molecule has 0 saturated carbocycles. The first-order valence-corrected chi connectivity index (χ1v) is 9.41. The maximum absolute atomic E-state index is 12.7. The highest BCUT2D eigenvalue weighted by Crippen LogP contribution is 2.23. The second-order valence-corrected chi connectivity index (χ2v) is 7.25. The normalized spacial score (nSPS) is 16.9. The summed E-state index contributed by atoms with van der Waals surface area (Å²) in [6, 6.07) is 5.89. The maximum atomic E-state index is 12.7. The van der Waals surface area contributed by atoms with E-state index in [-0.39, 0.29) is 5.91 Å². The van der Waals surface area contributed by atoms with E-state index in [4.69, 9.17) is 0 Å². The summed E-state index contributed by atoms with van der Waals surface area (Å²) in [6.07, 6.45) is 7.74. The minimum Gasteiger partial charge on any atom is -0.309 e. The molecular weight excluding hydrogens is 354 g/mol. The van der Waals surface area contributed by atoms with Crippen molar-refractivity contribution < 1.29 is 4.79 Å². The number of carbonyl (C=O) groups is 1. The Kier molecular flexibility index (Phi) is 3.87. The predicted octanol–water partition coefficient (Wildman–Crippen LogP) is 2.60. The van der Waals surface area contributed by atoms with Crippen LogP contribution in [0.15, 0.2) is 36.8 Å². The summed E-state index contributed by atoms with van der Waals surface area (Å²) in [6.45, 7) is 2.99. The van der Waals surface area contributed by atoms with E-state index < -0.39 is 0 Å². The second-order valence-electron chi connectivity index (χ2n) is 7.25. The molecule has 3 aromatic heterocycles. The Hall–Kier alpha value is -3.26. The zero-order chi connectivity index (χ0) is 19.3. The number of nitrogens with one attached hydrogen (secondary N) is 2. The van der Waals surface area contributed by atoms with E-state index in [2.05, 4.69) is 25.7 Å². The summed E-state index contributed by atoms with van der Waals surface area (Å²) < 4.78 is 3.70. The Morgan fingerprint density at radius 3 is 3.04 bits per heavy atom. The van der Waals surface area contributed by atoms with E-state index in [1.165, 1.54) is 6.42 Å². The number of carbonyl (C=O) groups excluding carboxylic acids is 1. The molecule has 0 bridgehead atoms. The van der Waals surface area contributed by atoms with Crippen LogP contribution in [0.25, 0.3) is 16.6 Å². The molecule has 1 fully saturated rings. The molecule has 1 aliphatic heterocycles. The Bertz CT molecular complexity index is 1200. The number of anilines is 1. The lowest BCUT2D eigenvalue weighted by Crippen LogP contribution is -2.13. The molecule has 1 saturated heterocycles. The predicted molar refractivity (Wildman–Crippen MR) is 106 cm³/mol. The molecule has 1 amide bonds. The lowest BCUT2D eigenvalue weighted by molar-refractivity contribution is 0.102. The van der Waals surface area contributed by atoms with Gasteiger partial charge in [-0.2, -0.15) is 5.10 Å². The molecule has 0 spiro atoms. The van der Waals surface area contributed by atoms with Crippen molar-refractivity contribution >= 4 is 28.3 Å². The molecule has 8 nitrogen and oxygen atoms in total. The number of amides is 1. The summed E-state index contributed by atoms with van der Waals surface area (Å²) in [5.74, 6) is 0.285. The molecule has 1 atom stereocenters. The van der Waals surface area contributed by atoms with Crippen LogP contribution in [0.1, 0.15) is 40.6 Å². The lowest BCUT2D eigenvalue weighted by atomic mass is 10.1. The van der Waals surface area contributed by atoms with Gasteiger partial charge in [0.25, 0.3) is 5.91 Å². The van der Waals surface area contributed by atoms with Crippen LogP contribution in [0.4, 0.5) is 5.82 Å². The fourth-order valence-electron chi connectivity index (χ4n) is 3.86. The maximum Gasteiger partial charge on any atom is 0.256 e. The van der Waals surface area contributed by atoms with E-state index in [1.807, 2.05) is 42.8 Å². The van der Waals surface area contributed by atoms with Crippen molar-refractivity contribution in [1.82, 2.24) is 29.5 Å². The van der Waals surface area contributed by atoms with Crippen molar-refractivity contribution in [2.45, 2.75) is 25.8 Å². The summed E-state index contributed by atoms with van der Waals surface area (Å²) in [7, 11) is 1.88. The number of hydrogen-bond acceptors (Lipinski definition) is 5. The summed E-state index contributed by atoms with van der Waals surface area (Å²) >= 11 is 0. The van der Waals surface area contributed by atoms with Gasteiger partial charge in [0.2, 0.25) is 0 Å². The molecule has 1 unspecified atom stereocenters. The monoisotopic (exact) mass is 375 g/mol. The van der Waals surface area contributed by atoms with Gasteiger partial charge in [-0.25, -0.2) is 9.97 Å². The van der Waals surface area contributed by atoms with Gasteiger partial charge in [-0.05, 0) is 38.4 Å². The third-order valence-electron chi connectivity index (χ3n) is 5.32. The average molecular weight is 375 g/mol. The van der Waals surface area contributed by atoms with Crippen molar-refractivity contribution in [3.8, 4) is 0 Å². The highest BCUT2D eigenvalue weighted by molar-refractivity contribution is 6.05. The fourth-order valence-corrected chi connectivity index (χ4v) is 3.86. The highest BCUT2D eigenvalue weighted by atomic mass is 16.1. The lowest BCUT2D eigenvalue weighted by Gasteiger charge is -2.05. The zero-order valence-electron chi connectivity index (χ0n) is 15.8. The Morgan fingerprint density at radius 1 is 1.32 bits per heavy atom. The van der Waals surface area contributed by atoms with E-state index in [0.717, 1.165) is 40.9 Å². The topological polar surface area (TPSA) is 89.1 Å². The average Bonchev–Trinajstić information content (AvgIpc) is 3.41. The third kappa shape index (κ3) is 2.82. The van der Waals surface area contributed by atoms with Gasteiger partial charge in [-0.15, -0.1) is 0 Å². The smallest absolute Gasteiger partial charge is 0.256 e. The minimum absolute atomic E-state index is 0.203. The van der Waals surface area contributed by atoms with Crippen LogP contribution >= 0.6 is 0 Å². The van der Waals surface area contributed by atoms with Crippen LogP contribution < -0.4 is 10.6 Å². The van der Waals surface area contributed by atoms with Crippen molar-refractivity contribution in [1.29, 1.82) is 0 Å². The number of benzene rings is 1. The first-order chi connectivity index (χ1) is 13.6. The summed E-state index contributed by atoms with van der Waals surface area (Å²) in [5.41, 5.74) is 4.23. The molecule has 8 heteroatoms. The van der Waals surface area contributed by atoms with E-state index >= 15 is 0 Å². The Balaban J connectivity index is 1.41. The van der Waals surface area contributed by atoms with Gasteiger partial charge in [0.05, 0.1) is 35.3 Å². The number of fused-ring (bicyclic) bond motifs is 2. The molecule has 1 aliphatic rings. The molecule has 1 aromatic carbocycles. The number of hydrogen-bond donors (Lipinski definition) is 2. The van der Waals surface area contributed by atoms with E-state index in [9.17, 15) is 4.79 Å². The van der Waals surface area contributed by atoms with Crippen molar-refractivity contribution in [3.05, 3.63) is 53.7 Å². The molecule has 4 aromatic rings. The van der Waals surface area contributed by atoms with Crippen LogP contribution in [0.3, 0.4) is 0 Å². The van der Waals surface area contributed by atoms with E-state index in [1.54, 1.807) is 17.1 Å². The van der Waals surface area contributed by atoms with Crippen LogP contribution in [0, 0.1) is 6.92 Å². The Labute approximate surface area is 161 Å². The van der Waals surface area contributed by atoms with Crippen LogP contribution in [-0.2, 0) is 7.05 Å². The minimum atomic E-state index is -0.203. The highest BCUT2D eigenvalue weighted by Gasteiger charge is 2.19. The Morgan fingerprint density at radius 2 is 2.21 bits per heavy atom. The van der Waals surface area contributed by atoms with Gasteiger partial charge in [0.15, 0.2) is 5.65 Å². The van der Waals surface area contributed by atoms with Gasteiger partial charge in [0, 0.05) is 24.2 Å². The number of aromatic nitrogens is 5. The number of imidazole rings is 1. The third-order valence-corrected chi connectivity index (χ3v) is 5.32. The van der Waals surface area contributed by atoms with E-state index in [0.29, 0.717) is 17.4 Å². The van der Waals surface area contributed by atoms with Gasteiger partial charge in [-0.3, -0.25) is 9.48 Å².